The monoisotopic (exact) mass is 332 g/mol. The molecule has 6 heteroatoms. The summed E-state index contributed by atoms with van der Waals surface area (Å²) in [4.78, 5) is 28.2. The van der Waals surface area contributed by atoms with E-state index in [1.807, 2.05) is 23.1 Å². The highest BCUT2D eigenvalue weighted by Gasteiger charge is 2.40. The molecule has 1 saturated heterocycles. The zero-order chi connectivity index (χ0) is 17.2. The Hall–Kier alpha value is -1.92. The van der Waals surface area contributed by atoms with E-state index in [4.69, 9.17) is 9.47 Å². The fourth-order valence-electron chi connectivity index (χ4n) is 3.45. The van der Waals surface area contributed by atoms with E-state index in [-0.39, 0.29) is 18.2 Å². The van der Waals surface area contributed by atoms with Gasteiger partial charge in [0.05, 0.1) is 26.2 Å². The van der Waals surface area contributed by atoms with Gasteiger partial charge in [0.25, 0.3) is 0 Å². The molecule has 6 nitrogen and oxygen atoms in total. The summed E-state index contributed by atoms with van der Waals surface area (Å²) in [6, 6.07) is 7.97. The summed E-state index contributed by atoms with van der Waals surface area (Å²) < 4.78 is 11.3. The molecule has 0 aromatic heterocycles. The van der Waals surface area contributed by atoms with Crippen LogP contribution in [0.25, 0.3) is 0 Å². The fraction of sp³-hybridized carbons (Fsp3) is 0.556. The van der Waals surface area contributed by atoms with Gasteiger partial charge >= 0.3 is 0 Å². The molecule has 1 aromatic rings. The first-order valence-corrected chi connectivity index (χ1v) is 8.31. The number of amides is 2. The molecule has 130 valence electrons. The summed E-state index contributed by atoms with van der Waals surface area (Å²) in [5.41, 5.74) is 1.38. The first kappa shape index (κ1) is 16.9. The lowest BCUT2D eigenvalue weighted by molar-refractivity contribution is -0.138. The number of ether oxygens (including phenoxy) is 2. The third-order valence-electron chi connectivity index (χ3n) is 4.89. The Balaban J connectivity index is 1.77. The summed E-state index contributed by atoms with van der Waals surface area (Å²) in [5, 5.41) is 0. The van der Waals surface area contributed by atoms with Crippen molar-refractivity contribution < 1.29 is 19.1 Å². The Labute approximate surface area is 142 Å². The Morgan fingerprint density at radius 3 is 2.83 bits per heavy atom. The fourth-order valence-corrected chi connectivity index (χ4v) is 3.45. The van der Waals surface area contributed by atoms with E-state index in [1.165, 1.54) is 12.5 Å². The number of fused-ring (bicyclic) bond motifs is 1. The van der Waals surface area contributed by atoms with Crippen molar-refractivity contribution in [3.05, 3.63) is 29.8 Å². The molecule has 2 aliphatic heterocycles. The van der Waals surface area contributed by atoms with Crippen molar-refractivity contribution in [1.29, 1.82) is 0 Å². The van der Waals surface area contributed by atoms with Gasteiger partial charge in [-0.05, 0) is 18.1 Å². The smallest absolute Gasteiger partial charge is 0.230 e. The third-order valence-corrected chi connectivity index (χ3v) is 4.89. The Morgan fingerprint density at radius 1 is 1.29 bits per heavy atom. The second-order valence-corrected chi connectivity index (χ2v) is 6.48. The highest BCUT2D eigenvalue weighted by atomic mass is 16.5. The number of hydrogen-bond acceptors (Lipinski definition) is 4. The molecule has 0 unspecified atom stereocenters. The summed E-state index contributed by atoms with van der Waals surface area (Å²) in [6.07, 6.45) is 1.07. The van der Waals surface area contributed by atoms with Gasteiger partial charge in [0.1, 0.15) is 5.60 Å². The lowest BCUT2D eigenvalue weighted by Crippen LogP contribution is -2.50. The van der Waals surface area contributed by atoms with Crippen molar-refractivity contribution in [2.24, 2.45) is 0 Å². The number of rotatable bonds is 3. The highest BCUT2D eigenvalue weighted by Crippen LogP contribution is 2.30. The van der Waals surface area contributed by atoms with Crippen LogP contribution in [-0.2, 0) is 25.5 Å². The number of carbonyl (C=O) groups excluding carboxylic acids is 2. The zero-order valence-electron chi connectivity index (χ0n) is 14.3. The van der Waals surface area contributed by atoms with Gasteiger partial charge in [-0.15, -0.1) is 0 Å². The molecule has 1 atom stereocenters. The van der Waals surface area contributed by atoms with Crippen LogP contribution in [0.1, 0.15) is 18.9 Å². The van der Waals surface area contributed by atoms with Gasteiger partial charge in [0.15, 0.2) is 0 Å². The topological polar surface area (TPSA) is 59.1 Å². The van der Waals surface area contributed by atoms with Gasteiger partial charge in [0.2, 0.25) is 11.8 Å². The van der Waals surface area contributed by atoms with Crippen LogP contribution in [0.4, 0.5) is 5.69 Å². The number of para-hydroxylation sites is 1. The van der Waals surface area contributed by atoms with Gasteiger partial charge in [-0.25, -0.2) is 0 Å². The van der Waals surface area contributed by atoms with Crippen molar-refractivity contribution in [2.45, 2.75) is 25.4 Å². The van der Waals surface area contributed by atoms with Gasteiger partial charge < -0.3 is 19.3 Å². The van der Waals surface area contributed by atoms with Crippen molar-refractivity contribution in [3.63, 3.8) is 0 Å². The Kier molecular flexibility index (Phi) is 4.87. The van der Waals surface area contributed by atoms with Crippen LogP contribution in [0.3, 0.4) is 0 Å². The van der Waals surface area contributed by atoms with Crippen LogP contribution in [0.5, 0.6) is 0 Å². The van der Waals surface area contributed by atoms with Crippen LogP contribution in [0.2, 0.25) is 0 Å². The Morgan fingerprint density at radius 2 is 2.08 bits per heavy atom. The predicted octanol–water partition coefficient (Wildman–Crippen LogP) is 1.23. The molecule has 24 heavy (non-hydrogen) atoms. The molecule has 2 amide bonds. The third kappa shape index (κ3) is 3.30. The van der Waals surface area contributed by atoms with E-state index < -0.39 is 5.60 Å². The molecule has 3 rings (SSSR count). The van der Waals surface area contributed by atoms with Gasteiger partial charge in [-0.1, -0.05) is 18.2 Å². The van der Waals surface area contributed by atoms with Crippen LogP contribution in [0, 0.1) is 0 Å². The minimum atomic E-state index is -0.795. The second kappa shape index (κ2) is 6.91. The standard InChI is InChI=1S/C18H24N2O4/c1-14(21)19-9-10-24-13-18(12-19,23-2)11-17(22)20-8-7-15-5-3-4-6-16(15)20/h3-6H,7-13H2,1-2H3/t18-/m0/s1. The minimum Gasteiger partial charge on any atom is -0.377 e. The quantitative estimate of drug-likeness (QED) is 0.835. The zero-order valence-corrected chi connectivity index (χ0v) is 14.3. The number of nitrogens with zero attached hydrogens (tertiary/aromatic N) is 2. The van der Waals surface area contributed by atoms with Crippen molar-refractivity contribution in [2.75, 3.05) is 44.9 Å². The maximum Gasteiger partial charge on any atom is 0.230 e. The predicted molar refractivity (Wildman–Crippen MR) is 89.9 cm³/mol. The van der Waals surface area contributed by atoms with E-state index >= 15 is 0 Å². The molecular formula is C18H24N2O4. The molecule has 0 radical (unpaired) electrons. The molecule has 0 spiro atoms. The molecular weight excluding hydrogens is 308 g/mol. The van der Waals surface area contributed by atoms with E-state index in [0.29, 0.717) is 32.8 Å². The number of benzene rings is 1. The van der Waals surface area contributed by atoms with Crippen LogP contribution in [-0.4, -0.2) is 62.3 Å². The second-order valence-electron chi connectivity index (χ2n) is 6.48. The van der Waals surface area contributed by atoms with Crippen molar-refractivity contribution in [3.8, 4) is 0 Å². The molecule has 2 aliphatic rings. The van der Waals surface area contributed by atoms with Crippen LogP contribution in [0.15, 0.2) is 24.3 Å². The van der Waals surface area contributed by atoms with Gasteiger partial charge in [0, 0.05) is 32.8 Å². The lowest BCUT2D eigenvalue weighted by Gasteiger charge is -2.34. The average Bonchev–Trinajstić information content (AvgIpc) is 2.89. The van der Waals surface area contributed by atoms with Crippen molar-refractivity contribution >= 4 is 17.5 Å². The Bertz CT molecular complexity index is 633. The van der Waals surface area contributed by atoms with Gasteiger partial charge in [-0.3, -0.25) is 9.59 Å². The SMILES string of the molecule is CO[C@]1(CC(=O)N2CCc3ccccc32)COCCN(C(C)=O)C1. The van der Waals surface area contributed by atoms with E-state index in [1.54, 1.807) is 12.0 Å². The number of hydrogen-bond donors (Lipinski definition) is 0. The number of methoxy groups -OCH3 is 1. The molecule has 0 N–H and O–H groups in total. The maximum absolute atomic E-state index is 12.9. The summed E-state index contributed by atoms with van der Waals surface area (Å²) >= 11 is 0. The van der Waals surface area contributed by atoms with Crippen LogP contribution < -0.4 is 4.90 Å². The molecule has 1 aromatic carbocycles. The molecule has 1 fully saturated rings. The highest BCUT2D eigenvalue weighted by molar-refractivity contribution is 5.96. The molecule has 0 saturated carbocycles. The first-order chi connectivity index (χ1) is 11.5. The molecule has 0 bridgehead atoms. The maximum atomic E-state index is 12.9. The number of anilines is 1. The summed E-state index contributed by atoms with van der Waals surface area (Å²) in [7, 11) is 1.58. The summed E-state index contributed by atoms with van der Waals surface area (Å²) in [6.45, 7) is 3.90. The van der Waals surface area contributed by atoms with E-state index in [0.717, 1.165) is 12.1 Å². The summed E-state index contributed by atoms with van der Waals surface area (Å²) in [5.74, 6) is -0.0169. The van der Waals surface area contributed by atoms with Gasteiger partial charge in [-0.2, -0.15) is 0 Å². The minimum absolute atomic E-state index is 0.0100. The number of carbonyl (C=O) groups is 2. The molecule has 0 aliphatic carbocycles. The van der Waals surface area contributed by atoms with E-state index in [9.17, 15) is 9.59 Å². The largest absolute Gasteiger partial charge is 0.377 e. The molecule has 2 heterocycles. The van der Waals surface area contributed by atoms with Crippen LogP contribution >= 0.6 is 0 Å². The normalized spacial score (nSPS) is 23.8. The van der Waals surface area contributed by atoms with E-state index in [2.05, 4.69) is 6.07 Å². The van der Waals surface area contributed by atoms with Crippen molar-refractivity contribution in [1.82, 2.24) is 4.90 Å². The average molecular weight is 332 g/mol. The lowest BCUT2D eigenvalue weighted by atomic mass is 9.98. The first-order valence-electron chi connectivity index (χ1n) is 8.31.